The van der Waals surface area contributed by atoms with Gasteiger partial charge in [-0.3, -0.25) is 4.79 Å². The molecule has 0 bridgehead atoms. The number of unbranched alkanes of at least 4 members (excludes halogenated alkanes) is 1. The van der Waals surface area contributed by atoms with Crippen LogP contribution in [0.15, 0.2) is 12.2 Å². The molecule has 0 aliphatic heterocycles. The molecule has 6 nitrogen and oxygen atoms in total. The summed E-state index contributed by atoms with van der Waals surface area (Å²) < 4.78 is 4.76. The molecule has 0 radical (unpaired) electrons. The molecule has 0 spiro atoms. The lowest BCUT2D eigenvalue weighted by Gasteiger charge is -2.18. The molecular formula is C18H34N2O4. The molecule has 1 amide bonds. The van der Waals surface area contributed by atoms with Gasteiger partial charge >= 0.3 is 5.97 Å². The number of rotatable bonds is 13. The highest BCUT2D eigenvalue weighted by Gasteiger charge is 2.22. The van der Waals surface area contributed by atoms with Crippen LogP contribution in [0.25, 0.3) is 0 Å². The van der Waals surface area contributed by atoms with Gasteiger partial charge in [-0.1, -0.05) is 26.0 Å². The van der Waals surface area contributed by atoms with Gasteiger partial charge in [-0.05, 0) is 50.5 Å². The third-order valence-electron chi connectivity index (χ3n) is 3.72. The third-order valence-corrected chi connectivity index (χ3v) is 3.72. The first-order chi connectivity index (χ1) is 11.4. The SMILES string of the molecule is COC(=O)[C@H](CCCCN)NC(=O)C[C@@H](/C=C/C(C)C)CCCO. The van der Waals surface area contributed by atoms with Gasteiger partial charge in [-0.15, -0.1) is 0 Å². The van der Waals surface area contributed by atoms with Crippen LogP contribution < -0.4 is 11.1 Å². The maximum atomic E-state index is 12.3. The second-order valence-corrected chi connectivity index (χ2v) is 6.39. The fourth-order valence-corrected chi connectivity index (χ4v) is 2.37. The van der Waals surface area contributed by atoms with E-state index in [2.05, 4.69) is 25.2 Å². The summed E-state index contributed by atoms with van der Waals surface area (Å²) in [5, 5.41) is 11.8. The Labute approximate surface area is 145 Å². The molecule has 6 heteroatoms. The van der Waals surface area contributed by atoms with Crippen LogP contribution in [0.2, 0.25) is 0 Å². The van der Waals surface area contributed by atoms with Crippen molar-refractivity contribution in [3.63, 3.8) is 0 Å². The zero-order valence-corrected chi connectivity index (χ0v) is 15.3. The van der Waals surface area contributed by atoms with Crippen molar-refractivity contribution in [1.82, 2.24) is 5.32 Å². The smallest absolute Gasteiger partial charge is 0.328 e. The lowest BCUT2D eigenvalue weighted by molar-refractivity contribution is -0.145. The van der Waals surface area contributed by atoms with Crippen molar-refractivity contribution in [1.29, 1.82) is 0 Å². The molecule has 2 atom stereocenters. The standard InChI is InChI=1S/C18H34N2O4/c1-14(2)9-10-15(7-6-12-21)13-17(22)20-16(18(23)24-3)8-4-5-11-19/h9-10,14-16,21H,4-8,11-13,19H2,1-3H3,(H,20,22)/b10-9+/t15-,16+/m1/s1. The highest BCUT2D eigenvalue weighted by molar-refractivity contribution is 5.84. The van der Waals surface area contributed by atoms with Gasteiger partial charge in [-0.2, -0.15) is 0 Å². The number of aliphatic hydroxyl groups excluding tert-OH is 1. The normalized spacial score (nSPS) is 13.9. The molecule has 0 aliphatic carbocycles. The summed E-state index contributed by atoms with van der Waals surface area (Å²) in [5.74, 6) is -0.134. The zero-order chi connectivity index (χ0) is 18.4. The molecule has 0 saturated heterocycles. The lowest BCUT2D eigenvalue weighted by atomic mass is 9.96. The maximum absolute atomic E-state index is 12.3. The minimum Gasteiger partial charge on any atom is -0.467 e. The van der Waals surface area contributed by atoms with Crippen LogP contribution in [0.5, 0.6) is 0 Å². The van der Waals surface area contributed by atoms with Gasteiger partial charge < -0.3 is 20.9 Å². The summed E-state index contributed by atoms with van der Waals surface area (Å²) in [5.41, 5.74) is 5.46. The van der Waals surface area contributed by atoms with Gasteiger partial charge in [0, 0.05) is 13.0 Å². The second kappa shape index (κ2) is 14.0. The van der Waals surface area contributed by atoms with E-state index < -0.39 is 12.0 Å². The molecule has 4 N–H and O–H groups in total. The van der Waals surface area contributed by atoms with E-state index in [0.717, 1.165) is 19.3 Å². The Balaban J connectivity index is 4.64. The number of aliphatic hydroxyl groups is 1. The van der Waals surface area contributed by atoms with Crippen molar-refractivity contribution in [2.24, 2.45) is 17.6 Å². The summed E-state index contributed by atoms with van der Waals surface area (Å²) in [6.07, 6.45) is 7.88. The van der Waals surface area contributed by atoms with E-state index >= 15 is 0 Å². The summed E-state index contributed by atoms with van der Waals surface area (Å²) >= 11 is 0. The molecule has 0 aliphatic rings. The van der Waals surface area contributed by atoms with Gasteiger partial charge in [0.25, 0.3) is 0 Å². The number of ether oxygens (including phenoxy) is 1. The number of hydrogen-bond acceptors (Lipinski definition) is 5. The van der Waals surface area contributed by atoms with Gasteiger partial charge in [-0.25, -0.2) is 4.79 Å². The van der Waals surface area contributed by atoms with E-state index in [1.807, 2.05) is 6.08 Å². The quantitative estimate of drug-likeness (QED) is 0.269. The van der Waals surface area contributed by atoms with Crippen molar-refractivity contribution < 1.29 is 19.4 Å². The fraction of sp³-hybridized carbons (Fsp3) is 0.778. The molecule has 0 saturated carbocycles. The number of esters is 1. The van der Waals surface area contributed by atoms with E-state index in [-0.39, 0.29) is 18.4 Å². The summed E-state index contributed by atoms with van der Waals surface area (Å²) in [6, 6.07) is -0.623. The Hall–Kier alpha value is -1.40. The first-order valence-corrected chi connectivity index (χ1v) is 8.81. The highest BCUT2D eigenvalue weighted by Crippen LogP contribution is 2.15. The molecular weight excluding hydrogens is 308 g/mol. The van der Waals surface area contributed by atoms with Crippen LogP contribution >= 0.6 is 0 Å². The Morgan fingerprint density at radius 2 is 1.88 bits per heavy atom. The monoisotopic (exact) mass is 342 g/mol. The average molecular weight is 342 g/mol. The fourth-order valence-electron chi connectivity index (χ4n) is 2.37. The van der Waals surface area contributed by atoms with E-state index in [4.69, 9.17) is 15.6 Å². The molecule has 0 aromatic heterocycles. The number of methoxy groups -OCH3 is 1. The number of carbonyl (C=O) groups excluding carboxylic acids is 2. The van der Waals surface area contributed by atoms with Crippen molar-refractivity contribution in [2.75, 3.05) is 20.3 Å². The minimum atomic E-state index is -0.623. The van der Waals surface area contributed by atoms with E-state index in [0.29, 0.717) is 31.7 Å². The predicted octanol–water partition coefficient (Wildman–Crippen LogP) is 1.76. The number of carbonyl (C=O) groups is 2. The summed E-state index contributed by atoms with van der Waals surface area (Å²) in [4.78, 5) is 24.1. The topological polar surface area (TPSA) is 102 Å². The number of amides is 1. The zero-order valence-electron chi connectivity index (χ0n) is 15.3. The number of allylic oxidation sites excluding steroid dienone is 2. The molecule has 0 unspecified atom stereocenters. The highest BCUT2D eigenvalue weighted by atomic mass is 16.5. The average Bonchev–Trinajstić information content (AvgIpc) is 2.55. The lowest BCUT2D eigenvalue weighted by Crippen LogP contribution is -2.42. The second-order valence-electron chi connectivity index (χ2n) is 6.39. The molecule has 140 valence electrons. The largest absolute Gasteiger partial charge is 0.467 e. The van der Waals surface area contributed by atoms with Crippen LogP contribution in [0, 0.1) is 11.8 Å². The summed E-state index contributed by atoms with van der Waals surface area (Å²) in [6.45, 7) is 4.82. The van der Waals surface area contributed by atoms with Crippen LogP contribution in [-0.4, -0.2) is 43.3 Å². The maximum Gasteiger partial charge on any atom is 0.328 e. The van der Waals surface area contributed by atoms with Crippen LogP contribution in [-0.2, 0) is 14.3 Å². The Morgan fingerprint density at radius 1 is 1.17 bits per heavy atom. The molecule has 0 aromatic carbocycles. The molecule has 0 rings (SSSR count). The number of hydrogen-bond donors (Lipinski definition) is 3. The third kappa shape index (κ3) is 11.2. The molecule has 0 aromatic rings. The van der Waals surface area contributed by atoms with Crippen molar-refractivity contribution >= 4 is 11.9 Å². The van der Waals surface area contributed by atoms with Gasteiger partial charge in [0.1, 0.15) is 6.04 Å². The summed E-state index contributed by atoms with van der Waals surface area (Å²) in [7, 11) is 1.32. The number of nitrogens with one attached hydrogen (secondary N) is 1. The van der Waals surface area contributed by atoms with Crippen LogP contribution in [0.4, 0.5) is 0 Å². The Kier molecular flexibility index (Phi) is 13.2. The first kappa shape index (κ1) is 22.6. The Bertz CT molecular complexity index is 383. The number of nitrogens with two attached hydrogens (primary N) is 1. The van der Waals surface area contributed by atoms with E-state index in [9.17, 15) is 9.59 Å². The van der Waals surface area contributed by atoms with E-state index in [1.54, 1.807) is 0 Å². The van der Waals surface area contributed by atoms with Crippen molar-refractivity contribution in [3.05, 3.63) is 12.2 Å². The predicted molar refractivity (Wildman–Crippen MR) is 95.3 cm³/mol. The Morgan fingerprint density at radius 3 is 2.42 bits per heavy atom. The van der Waals surface area contributed by atoms with E-state index in [1.165, 1.54) is 7.11 Å². The minimum absolute atomic E-state index is 0.0573. The van der Waals surface area contributed by atoms with Gasteiger partial charge in [0.15, 0.2) is 0 Å². The van der Waals surface area contributed by atoms with Gasteiger partial charge in [0.2, 0.25) is 5.91 Å². The van der Waals surface area contributed by atoms with Crippen molar-refractivity contribution in [3.8, 4) is 0 Å². The van der Waals surface area contributed by atoms with Gasteiger partial charge in [0.05, 0.1) is 7.11 Å². The van der Waals surface area contributed by atoms with Crippen molar-refractivity contribution in [2.45, 2.75) is 58.4 Å². The van der Waals surface area contributed by atoms with Crippen LogP contribution in [0.1, 0.15) is 52.4 Å². The molecule has 24 heavy (non-hydrogen) atoms. The molecule has 0 fully saturated rings. The first-order valence-electron chi connectivity index (χ1n) is 8.81. The molecule has 0 heterocycles. The van der Waals surface area contributed by atoms with Crippen LogP contribution in [0.3, 0.4) is 0 Å².